The van der Waals surface area contributed by atoms with Gasteiger partial charge in [0.1, 0.15) is 0 Å². The van der Waals surface area contributed by atoms with Gasteiger partial charge in [-0.3, -0.25) is 0 Å². The predicted molar refractivity (Wildman–Crippen MR) is 70.1 cm³/mol. The van der Waals surface area contributed by atoms with Crippen LogP contribution in [0.25, 0.3) is 0 Å². The summed E-state index contributed by atoms with van der Waals surface area (Å²) < 4.78 is 10.6. The predicted octanol–water partition coefficient (Wildman–Crippen LogP) is 1.74. The molecule has 100 valence electrons. The van der Waals surface area contributed by atoms with E-state index < -0.39 is 6.10 Å². The zero-order valence-electron chi connectivity index (χ0n) is 11.0. The van der Waals surface area contributed by atoms with Crippen molar-refractivity contribution < 1.29 is 14.6 Å². The molecule has 0 spiro atoms. The third-order valence-corrected chi connectivity index (χ3v) is 3.58. The average Bonchev–Trinajstić information content (AvgIpc) is 2.46. The van der Waals surface area contributed by atoms with Crippen LogP contribution in [0.15, 0.2) is 18.2 Å². The lowest BCUT2D eigenvalue weighted by atomic mass is 9.87. The number of hydrogen-bond acceptors (Lipinski definition) is 4. The molecule has 18 heavy (non-hydrogen) atoms. The number of aliphatic hydroxyl groups excluding tert-OH is 1. The highest BCUT2D eigenvalue weighted by Crippen LogP contribution is 2.39. The average molecular weight is 251 g/mol. The van der Waals surface area contributed by atoms with Crippen molar-refractivity contribution in [3.63, 3.8) is 0 Å². The van der Waals surface area contributed by atoms with Crippen LogP contribution in [0.2, 0.25) is 0 Å². The maximum atomic E-state index is 10.5. The monoisotopic (exact) mass is 251 g/mol. The molecule has 1 aromatic carbocycles. The van der Waals surface area contributed by atoms with E-state index in [4.69, 9.17) is 9.47 Å². The Morgan fingerprint density at radius 2 is 1.94 bits per heavy atom. The van der Waals surface area contributed by atoms with Crippen molar-refractivity contribution in [1.82, 2.24) is 5.32 Å². The molecule has 1 saturated heterocycles. The molecular formula is C14H21NO3. The molecule has 1 heterocycles. The van der Waals surface area contributed by atoms with Gasteiger partial charge in [0.15, 0.2) is 11.5 Å². The number of nitrogens with one attached hydrogen (secondary N) is 1. The summed E-state index contributed by atoms with van der Waals surface area (Å²) in [6, 6.07) is 5.65. The SMILES string of the molecule is COc1cccc([C@@H](O)C2CCNCC2)c1OC. The number of rotatable bonds is 4. The highest BCUT2D eigenvalue weighted by Gasteiger charge is 2.26. The second-order valence-corrected chi connectivity index (χ2v) is 4.62. The summed E-state index contributed by atoms with van der Waals surface area (Å²) in [6.45, 7) is 1.93. The van der Waals surface area contributed by atoms with E-state index in [1.165, 1.54) is 0 Å². The van der Waals surface area contributed by atoms with E-state index in [-0.39, 0.29) is 5.92 Å². The molecule has 4 nitrogen and oxygen atoms in total. The van der Waals surface area contributed by atoms with Crippen LogP contribution in [-0.2, 0) is 0 Å². The van der Waals surface area contributed by atoms with E-state index in [1.54, 1.807) is 14.2 Å². The second-order valence-electron chi connectivity index (χ2n) is 4.62. The topological polar surface area (TPSA) is 50.7 Å². The summed E-state index contributed by atoms with van der Waals surface area (Å²) in [5, 5.41) is 13.8. The summed E-state index contributed by atoms with van der Waals surface area (Å²) >= 11 is 0. The fourth-order valence-corrected chi connectivity index (χ4v) is 2.56. The summed E-state index contributed by atoms with van der Waals surface area (Å²) in [6.07, 6.45) is 1.49. The van der Waals surface area contributed by atoms with Crippen LogP contribution in [0.1, 0.15) is 24.5 Å². The fraction of sp³-hybridized carbons (Fsp3) is 0.571. The second kappa shape index (κ2) is 6.07. The minimum atomic E-state index is -0.489. The van der Waals surface area contributed by atoms with Crippen LogP contribution >= 0.6 is 0 Å². The Hall–Kier alpha value is -1.26. The van der Waals surface area contributed by atoms with Gasteiger partial charge in [-0.05, 0) is 37.9 Å². The van der Waals surface area contributed by atoms with Gasteiger partial charge in [-0.1, -0.05) is 12.1 Å². The number of ether oxygens (including phenoxy) is 2. The normalized spacial score (nSPS) is 18.4. The number of hydrogen-bond donors (Lipinski definition) is 2. The molecule has 1 fully saturated rings. The first-order chi connectivity index (χ1) is 8.77. The zero-order valence-corrected chi connectivity index (χ0v) is 11.0. The third kappa shape index (κ3) is 2.60. The van der Waals surface area contributed by atoms with Crippen LogP contribution in [0.4, 0.5) is 0 Å². The molecule has 1 atom stereocenters. The maximum Gasteiger partial charge on any atom is 0.166 e. The molecule has 1 aromatic rings. The first kappa shape index (κ1) is 13.2. The summed E-state index contributed by atoms with van der Waals surface area (Å²) in [4.78, 5) is 0. The van der Waals surface area contributed by atoms with Gasteiger partial charge in [-0.15, -0.1) is 0 Å². The summed E-state index contributed by atoms with van der Waals surface area (Å²) in [5.74, 6) is 1.60. The minimum Gasteiger partial charge on any atom is -0.493 e. The molecule has 0 aliphatic carbocycles. The van der Waals surface area contributed by atoms with Gasteiger partial charge < -0.3 is 19.9 Å². The first-order valence-corrected chi connectivity index (χ1v) is 6.37. The van der Waals surface area contributed by atoms with Crippen LogP contribution in [0.5, 0.6) is 11.5 Å². The molecule has 2 rings (SSSR count). The largest absolute Gasteiger partial charge is 0.493 e. The lowest BCUT2D eigenvalue weighted by Crippen LogP contribution is -2.31. The van der Waals surface area contributed by atoms with Crippen LogP contribution < -0.4 is 14.8 Å². The van der Waals surface area contributed by atoms with Gasteiger partial charge in [0.2, 0.25) is 0 Å². The van der Waals surface area contributed by atoms with Gasteiger partial charge in [0, 0.05) is 5.56 Å². The van der Waals surface area contributed by atoms with Crippen molar-refractivity contribution in [3.8, 4) is 11.5 Å². The highest BCUT2D eigenvalue weighted by molar-refractivity contribution is 5.47. The van der Waals surface area contributed by atoms with Gasteiger partial charge >= 0.3 is 0 Å². The maximum absolute atomic E-state index is 10.5. The molecule has 0 aromatic heterocycles. The zero-order chi connectivity index (χ0) is 13.0. The van der Waals surface area contributed by atoms with Crippen LogP contribution in [0, 0.1) is 5.92 Å². The smallest absolute Gasteiger partial charge is 0.166 e. The first-order valence-electron chi connectivity index (χ1n) is 6.37. The van der Waals surface area contributed by atoms with Crippen molar-refractivity contribution in [2.45, 2.75) is 18.9 Å². The lowest BCUT2D eigenvalue weighted by molar-refractivity contribution is 0.0860. The third-order valence-electron chi connectivity index (χ3n) is 3.58. The van der Waals surface area contributed by atoms with Gasteiger partial charge in [-0.2, -0.15) is 0 Å². The van der Waals surface area contributed by atoms with E-state index in [1.807, 2.05) is 18.2 Å². The van der Waals surface area contributed by atoms with Gasteiger partial charge in [0.05, 0.1) is 20.3 Å². The number of piperidine rings is 1. The molecule has 1 aliphatic heterocycles. The van der Waals surface area contributed by atoms with Crippen LogP contribution in [-0.4, -0.2) is 32.4 Å². The Morgan fingerprint density at radius 1 is 1.22 bits per heavy atom. The van der Waals surface area contributed by atoms with Crippen molar-refractivity contribution >= 4 is 0 Å². The van der Waals surface area contributed by atoms with Gasteiger partial charge in [0.25, 0.3) is 0 Å². The standard InChI is InChI=1S/C14H21NO3/c1-17-12-5-3-4-11(14(12)18-2)13(16)10-6-8-15-9-7-10/h3-5,10,13,15-16H,6-9H2,1-2H3/t13-/m0/s1. The molecule has 0 radical (unpaired) electrons. The van der Waals surface area contributed by atoms with Crippen molar-refractivity contribution in [2.75, 3.05) is 27.3 Å². The van der Waals surface area contributed by atoms with E-state index in [0.717, 1.165) is 31.5 Å². The lowest BCUT2D eigenvalue weighted by Gasteiger charge is -2.28. The van der Waals surface area contributed by atoms with E-state index in [9.17, 15) is 5.11 Å². The quantitative estimate of drug-likeness (QED) is 0.856. The Bertz CT molecular complexity index is 389. The Balaban J connectivity index is 2.25. The van der Waals surface area contributed by atoms with Crippen molar-refractivity contribution in [1.29, 1.82) is 0 Å². The minimum absolute atomic E-state index is 0.284. The molecule has 4 heteroatoms. The van der Waals surface area contributed by atoms with E-state index in [2.05, 4.69) is 5.32 Å². The molecule has 0 bridgehead atoms. The molecule has 1 aliphatic rings. The Labute approximate surface area is 108 Å². The molecule has 0 unspecified atom stereocenters. The Morgan fingerprint density at radius 3 is 2.56 bits per heavy atom. The molecule has 2 N–H and O–H groups in total. The summed E-state index contributed by atoms with van der Waals surface area (Å²) in [7, 11) is 3.22. The molecule has 0 saturated carbocycles. The van der Waals surface area contributed by atoms with Crippen LogP contribution in [0.3, 0.4) is 0 Å². The molecule has 0 amide bonds. The Kier molecular flexibility index (Phi) is 4.44. The van der Waals surface area contributed by atoms with Crippen molar-refractivity contribution in [2.24, 2.45) is 5.92 Å². The van der Waals surface area contributed by atoms with Gasteiger partial charge in [-0.25, -0.2) is 0 Å². The fourth-order valence-electron chi connectivity index (χ4n) is 2.56. The summed E-state index contributed by atoms with van der Waals surface area (Å²) in [5.41, 5.74) is 0.823. The van der Waals surface area contributed by atoms with Crippen molar-refractivity contribution in [3.05, 3.63) is 23.8 Å². The van der Waals surface area contributed by atoms with E-state index >= 15 is 0 Å². The number of methoxy groups -OCH3 is 2. The molecular weight excluding hydrogens is 230 g/mol. The number of para-hydroxylation sites is 1. The van der Waals surface area contributed by atoms with E-state index in [0.29, 0.717) is 11.5 Å². The number of aliphatic hydroxyl groups is 1. The number of benzene rings is 1. The highest BCUT2D eigenvalue weighted by atomic mass is 16.5.